The lowest BCUT2D eigenvalue weighted by atomic mass is 10.3. The van der Waals surface area contributed by atoms with E-state index in [1.54, 1.807) is 11.3 Å². The summed E-state index contributed by atoms with van der Waals surface area (Å²) in [5.41, 5.74) is 1.10. The van der Waals surface area contributed by atoms with Crippen molar-refractivity contribution in [3.8, 4) is 0 Å². The Morgan fingerprint density at radius 3 is 2.88 bits per heavy atom. The maximum atomic E-state index is 4.62. The molecule has 0 aliphatic heterocycles. The first kappa shape index (κ1) is 11.9. The highest BCUT2D eigenvalue weighted by molar-refractivity contribution is 9.09. The van der Waals surface area contributed by atoms with E-state index in [1.807, 2.05) is 6.07 Å². The van der Waals surface area contributed by atoms with Crippen LogP contribution in [0, 0.1) is 0 Å². The molecule has 0 amide bonds. The summed E-state index contributed by atoms with van der Waals surface area (Å²) in [5.74, 6) is 0. The van der Waals surface area contributed by atoms with E-state index in [4.69, 9.17) is 0 Å². The number of halogens is 1. The van der Waals surface area contributed by atoms with Gasteiger partial charge in [-0.25, -0.2) is 4.98 Å². The second kappa shape index (κ2) is 5.15. The zero-order valence-electron chi connectivity index (χ0n) is 9.48. The molecule has 1 atom stereocenters. The van der Waals surface area contributed by atoms with E-state index in [2.05, 4.69) is 58.0 Å². The fourth-order valence-corrected chi connectivity index (χ4v) is 2.65. The molecule has 86 valence electrons. The summed E-state index contributed by atoms with van der Waals surface area (Å²) in [5, 5.41) is 1.11. The number of hydrogen-bond acceptors (Lipinski definition) is 3. The molecule has 2 aromatic rings. The van der Waals surface area contributed by atoms with E-state index in [0.717, 1.165) is 23.6 Å². The lowest BCUT2D eigenvalue weighted by Gasteiger charge is -2.15. The summed E-state index contributed by atoms with van der Waals surface area (Å²) in [6, 6.07) is 8.28. The van der Waals surface area contributed by atoms with Gasteiger partial charge in [0.05, 0.1) is 10.2 Å². The van der Waals surface area contributed by atoms with Gasteiger partial charge in [-0.3, -0.25) is 0 Å². The number of nitrogens with zero attached hydrogens (tertiary/aromatic N) is 2. The molecule has 1 heterocycles. The summed E-state index contributed by atoms with van der Waals surface area (Å²) in [6.45, 7) is 3.21. The molecule has 0 aliphatic rings. The highest BCUT2D eigenvalue weighted by atomic mass is 79.9. The topological polar surface area (TPSA) is 16.1 Å². The molecular formula is C12H15BrN2S. The number of benzene rings is 1. The molecule has 16 heavy (non-hydrogen) atoms. The zero-order valence-corrected chi connectivity index (χ0v) is 11.9. The highest BCUT2D eigenvalue weighted by Gasteiger charge is 2.08. The van der Waals surface area contributed by atoms with Crippen LogP contribution in [0.5, 0.6) is 0 Å². The molecule has 0 bridgehead atoms. The normalized spacial score (nSPS) is 12.9. The van der Waals surface area contributed by atoms with Crippen LogP contribution >= 0.6 is 27.3 Å². The second-order valence-corrected chi connectivity index (χ2v) is 6.53. The lowest BCUT2D eigenvalue weighted by Crippen LogP contribution is -2.20. The minimum Gasteiger partial charge on any atom is -0.351 e. The Bertz CT molecular complexity index is 434. The number of alkyl halides is 1. The third-order valence-corrected chi connectivity index (χ3v) is 4.08. The summed E-state index contributed by atoms with van der Waals surface area (Å²) in [6.07, 6.45) is 1.13. The number of thiazole rings is 1. The average Bonchev–Trinajstić information content (AvgIpc) is 2.69. The molecule has 0 saturated carbocycles. The third-order valence-electron chi connectivity index (χ3n) is 2.47. The monoisotopic (exact) mass is 298 g/mol. The van der Waals surface area contributed by atoms with Crippen molar-refractivity contribution in [2.75, 3.05) is 18.5 Å². The van der Waals surface area contributed by atoms with Crippen molar-refractivity contribution in [1.82, 2.24) is 4.98 Å². The van der Waals surface area contributed by atoms with Crippen molar-refractivity contribution < 1.29 is 0 Å². The molecule has 4 heteroatoms. The molecule has 0 N–H and O–H groups in total. The predicted molar refractivity (Wildman–Crippen MR) is 75.9 cm³/mol. The molecule has 0 aliphatic carbocycles. The van der Waals surface area contributed by atoms with Crippen molar-refractivity contribution in [3.05, 3.63) is 24.3 Å². The number of para-hydroxylation sites is 1. The van der Waals surface area contributed by atoms with Crippen molar-refractivity contribution in [2.24, 2.45) is 0 Å². The fraction of sp³-hybridized carbons (Fsp3) is 0.417. The van der Waals surface area contributed by atoms with Gasteiger partial charge in [-0.05, 0) is 18.6 Å². The third kappa shape index (κ3) is 2.74. The lowest BCUT2D eigenvalue weighted by molar-refractivity contribution is 0.785. The number of rotatable bonds is 4. The maximum Gasteiger partial charge on any atom is 0.186 e. The molecule has 2 rings (SSSR count). The average molecular weight is 299 g/mol. The molecular weight excluding hydrogens is 284 g/mol. The van der Waals surface area contributed by atoms with E-state index in [9.17, 15) is 0 Å². The summed E-state index contributed by atoms with van der Waals surface area (Å²) in [7, 11) is 2.10. The Labute approximate surface area is 108 Å². The summed E-state index contributed by atoms with van der Waals surface area (Å²) >= 11 is 5.32. The van der Waals surface area contributed by atoms with Crippen LogP contribution in [0.1, 0.15) is 13.3 Å². The van der Waals surface area contributed by atoms with Gasteiger partial charge >= 0.3 is 0 Å². The maximum absolute atomic E-state index is 4.62. The van der Waals surface area contributed by atoms with E-state index < -0.39 is 0 Å². The summed E-state index contributed by atoms with van der Waals surface area (Å²) in [4.78, 5) is 7.40. The molecule has 2 nitrogen and oxygen atoms in total. The Kier molecular flexibility index (Phi) is 3.82. The number of hydrogen-bond donors (Lipinski definition) is 0. The number of fused-ring (bicyclic) bond motifs is 1. The minimum atomic E-state index is 0.560. The van der Waals surface area contributed by atoms with Gasteiger partial charge in [0.25, 0.3) is 0 Å². The van der Waals surface area contributed by atoms with Crippen LogP contribution in [0.25, 0.3) is 10.2 Å². The van der Waals surface area contributed by atoms with Crippen LogP contribution < -0.4 is 4.90 Å². The van der Waals surface area contributed by atoms with Gasteiger partial charge in [0.1, 0.15) is 0 Å². The van der Waals surface area contributed by atoms with Gasteiger partial charge in [-0.15, -0.1) is 0 Å². The van der Waals surface area contributed by atoms with E-state index >= 15 is 0 Å². The van der Waals surface area contributed by atoms with Crippen LogP contribution in [0.3, 0.4) is 0 Å². The SMILES string of the molecule is CC(Br)CCN(C)c1nc2ccccc2s1. The fourth-order valence-electron chi connectivity index (χ4n) is 1.49. The molecule has 0 fully saturated rings. The predicted octanol–water partition coefficient (Wildman–Crippen LogP) is 3.91. The largest absolute Gasteiger partial charge is 0.351 e. The van der Waals surface area contributed by atoms with E-state index in [-0.39, 0.29) is 0 Å². The quantitative estimate of drug-likeness (QED) is 0.796. The van der Waals surface area contributed by atoms with Crippen LogP contribution in [0.4, 0.5) is 5.13 Å². The van der Waals surface area contributed by atoms with Crippen molar-refractivity contribution in [1.29, 1.82) is 0 Å². The Morgan fingerprint density at radius 1 is 1.44 bits per heavy atom. The number of aromatic nitrogens is 1. The first-order chi connectivity index (χ1) is 7.66. The minimum absolute atomic E-state index is 0.560. The smallest absolute Gasteiger partial charge is 0.186 e. The van der Waals surface area contributed by atoms with E-state index in [0.29, 0.717) is 4.83 Å². The Balaban J connectivity index is 2.13. The standard InChI is InChI=1S/C12H15BrN2S/c1-9(13)7-8-15(2)12-14-10-5-3-4-6-11(10)16-12/h3-6,9H,7-8H2,1-2H3. The first-order valence-corrected chi connectivity index (χ1v) is 7.11. The molecule has 0 radical (unpaired) electrons. The van der Waals surface area contributed by atoms with Crippen molar-refractivity contribution >= 4 is 42.6 Å². The van der Waals surface area contributed by atoms with Gasteiger partial charge in [0.2, 0.25) is 0 Å². The van der Waals surface area contributed by atoms with Crippen LogP contribution in [-0.4, -0.2) is 23.4 Å². The molecule has 1 aromatic carbocycles. The van der Waals surface area contributed by atoms with Gasteiger partial charge in [0, 0.05) is 18.4 Å². The molecule has 1 aromatic heterocycles. The molecule has 0 saturated heterocycles. The van der Waals surface area contributed by atoms with Crippen LogP contribution in [0.2, 0.25) is 0 Å². The van der Waals surface area contributed by atoms with Crippen molar-refractivity contribution in [3.63, 3.8) is 0 Å². The van der Waals surface area contributed by atoms with E-state index in [1.165, 1.54) is 4.70 Å². The molecule has 0 spiro atoms. The van der Waals surface area contributed by atoms with Crippen molar-refractivity contribution in [2.45, 2.75) is 18.2 Å². The van der Waals surface area contributed by atoms with Gasteiger partial charge in [-0.2, -0.15) is 0 Å². The Morgan fingerprint density at radius 2 is 2.19 bits per heavy atom. The highest BCUT2D eigenvalue weighted by Crippen LogP contribution is 2.27. The zero-order chi connectivity index (χ0) is 11.5. The van der Waals surface area contributed by atoms with Gasteiger partial charge in [-0.1, -0.05) is 46.3 Å². The number of anilines is 1. The van der Waals surface area contributed by atoms with Gasteiger partial charge in [0.15, 0.2) is 5.13 Å². The second-order valence-electron chi connectivity index (χ2n) is 3.96. The molecule has 1 unspecified atom stereocenters. The van der Waals surface area contributed by atoms with Gasteiger partial charge < -0.3 is 4.90 Å². The first-order valence-electron chi connectivity index (χ1n) is 5.37. The van der Waals surface area contributed by atoms with Crippen LogP contribution in [0.15, 0.2) is 24.3 Å². The summed E-state index contributed by atoms with van der Waals surface area (Å²) < 4.78 is 1.26. The Hall–Kier alpha value is -0.610. The van der Waals surface area contributed by atoms with Crippen LogP contribution in [-0.2, 0) is 0 Å².